The molecular formula is C14H14F6NO2. The Morgan fingerprint density at radius 3 is 1.96 bits per heavy atom. The van der Waals surface area contributed by atoms with E-state index in [-0.39, 0.29) is 5.92 Å². The van der Waals surface area contributed by atoms with Crippen LogP contribution in [0.2, 0.25) is 0 Å². The van der Waals surface area contributed by atoms with Gasteiger partial charge in [0.1, 0.15) is 0 Å². The fourth-order valence-corrected chi connectivity index (χ4v) is 2.30. The molecule has 23 heavy (non-hydrogen) atoms. The van der Waals surface area contributed by atoms with E-state index in [1.165, 1.54) is 6.07 Å². The zero-order valence-electron chi connectivity index (χ0n) is 11.9. The lowest BCUT2D eigenvalue weighted by atomic mass is 9.99. The summed E-state index contributed by atoms with van der Waals surface area (Å²) in [5.41, 5.74) is 0.339. The van der Waals surface area contributed by atoms with E-state index in [0.29, 0.717) is 18.8 Å². The van der Waals surface area contributed by atoms with Gasteiger partial charge in [-0.15, -0.1) is 26.3 Å². The number of ether oxygens (including phenoxy) is 2. The fourth-order valence-electron chi connectivity index (χ4n) is 2.30. The topological polar surface area (TPSA) is 21.7 Å². The molecule has 0 aliphatic carbocycles. The van der Waals surface area contributed by atoms with Gasteiger partial charge in [-0.2, -0.15) is 0 Å². The maximum absolute atomic E-state index is 12.4. The Kier molecular flexibility index (Phi) is 4.86. The first kappa shape index (κ1) is 17.6. The predicted molar refractivity (Wildman–Crippen MR) is 70.1 cm³/mol. The van der Waals surface area contributed by atoms with Crippen LogP contribution in [0.3, 0.4) is 0 Å². The SMILES string of the molecule is [CH2]C1CCN(c2ccc(OC(F)(F)F)c(OC(F)(F)F)c2)CC1. The minimum atomic E-state index is -5.12. The largest absolute Gasteiger partial charge is 0.573 e. The van der Waals surface area contributed by atoms with E-state index in [9.17, 15) is 26.3 Å². The minimum absolute atomic E-state index is 0.255. The third-order valence-corrected chi connectivity index (χ3v) is 3.36. The molecule has 0 aromatic heterocycles. The van der Waals surface area contributed by atoms with Crippen LogP contribution in [0.5, 0.6) is 11.5 Å². The number of nitrogens with zero attached hydrogens (tertiary/aromatic N) is 1. The van der Waals surface area contributed by atoms with Crippen molar-refractivity contribution in [3.05, 3.63) is 25.1 Å². The Balaban J connectivity index is 2.27. The van der Waals surface area contributed by atoms with Gasteiger partial charge in [0, 0.05) is 24.8 Å². The number of rotatable bonds is 3. The molecule has 1 saturated heterocycles. The molecule has 1 radical (unpaired) electrons. The molecular weight excluding hydrogens is 328 g/mol. The maximum Gasteiger partial charge on any atom is 0.573 e. The number of anilines is 1. The van der Waals surface area contributed by atoms with E-state index in [1.54, 1.807) is 4.90 Å². The summed E-state index contributed by atoms with van der Waals surface area (Å²) in [7, 11) is 0. The molecule has 3 nitrogen and oxygen atoms in total. The molecule has 0 bridgehead atoms. The van der Waals surface area contributed by atoms with Crippen LogP contribution in [0.4, 0.5) is 32.0 Å². The Morgan fingerprint density at radius 2 is 1.43 bits per heavy atom. The normalized spacial score (nSPS) is 17.3. The van der Waals surface area contributed by atoms with E-state index >= 15 is 0 Å². The Bertz CT molecular complexity index is 535. The molecule has 1 aliphatic heterocycles. The summed E-state index contributed by atoms with van der Waals surface area (Å²) in [5.74, 6) is -1.81. The lowest BCUT2D eigenvalue weighted by molar-refractivity contribution is -0.287. The third kappa shape index (κ3) is 5.40. The molecule has 0 spiro atoms. The van der Waals surface area contributed by atoms with Gasteiger partial charge in [-0.1, -0.05) is 6.92 Å². The molecule has 1 aromatic carbocycles. The van der Waals surface area contributed by atoms with Gasteiger partial charge in [-0.05, 0) is 30.9 Å². The number of benzene rings is 1. The summed E-state index contributed by atoms with van der Waals surface area (Å²) < 4.78 is 81.3. The van der Waals surface area contributed by atoms with E-state index in [1.807, 2.05) is 0 Å². The van der Waals surface area contributed by atoms with Gasteiger partial charge >= 0.3 is 12.7 Å². The Hall–Kier alpha value is -1.80. The smallest absolute Gasteiger partial charge is 0.402 e. The summed E-state index contributed by atoms with van der Waals surface area (Å²) in [6, 6.07) is 2.99. The zero-order chi connectivity index (χ0) is 17.3. The second-order valence-electron chi connectivity index (χ2n) is 5.16. The van der Waals surface area contributed by atoms with Crippen LogP contribution in [0.15, 0.2) is 18.2 Å². The summed E-state index contributed by atoms with van der Waals surface area (Å²) in [6.07, 6.45) is -8.74. The van der Waals surface area contributed by atoms with Crippen molar-refractivity contribution in [2.45, 2.75) is 25.6 Å². The highest BCUT2D eigenvalue weighted by molar-refractivity contribution is 5.56. The maximum atomic E-state index is 12.4. The predicted octanol–water partition coefficient (Wildman–Crippen LogP) is 4.53. The van der Waals surface area contributed by atoms with Crippen molar-refractivity contribution in [3.8, 4) is 11.5 Å². The first-order valence-corrected chi connectivity index (χ1v) is 6.77. The number of hydrogen-bond donors (Lipinski definition) is 0. The van der Waals surface area contributed by atoms with Crippen molar-refractivity contribution in [3.63, 3.8) is 0 Å². The Morgan fingerprint density at radius 1 is 0.913 bits per heavy atom. The lowest BCUT2D eigenvalue weighted by Crippen LogP contribution is -2.33. The third-order valence-electron chi connectivity index (χ3n) is 3.36. The van der Waals surface area contributed by atoms with Gasteiger partial charge in [-0.3, -0.25) is 0 Å². The van der Waals surface area contributed by atoms with E-state index in [2.05, 4.69) is 16.4 Å². The van der Waals surface area contributed by atoms with Crippen molar-refractivity contribution in [2.75, 3.05) is 18.0 Å². The fraction of sp³-hybridized carbons (Fsp3) is 0.500. The first-order valence-electron chi connectivity index (χ1n) is 6.77. The minimum Gasteiger partial charge on any atom is -0.402 e. The van der Waals surface area contributed by atoms with Crippen LogP contribution in [0, 0.1) is 12.8 Å². The molecule has 1 aromatic rings. The quantitative estimate of drug-likeness (QED) is 0.753. The summed E-state index contributed by atoms with van der Waals surface area (Å²) in [4.78, 5) is 1.77. The lowest BCUT2D eigenvalue weighted by Gasteiger charge is -2.32. The van der Waals surface area contributed by atoms with Crippen LogP contribution in [-0.2, 0) is 0 Å². The number of halogens is 6. The monoisotopic (exact) mass is 342 g/mol. The molecule has 0 atom stereocenters. The molecule has 2 rings (SSSR count). The van der Waals surface area contributed by atoms with Gasteiger partial charge in [0.2, 0.25) is 0 Å². The van der Waals surface area contributed by atoms with Gasteiger partial charge in [0.05, 0.1) is 0 Å². The Labute approximate surface area is 128 Å². The van der Waals surface area contributed by atoms with Crippen molar-refractivity contribution in [1.82, 2.24) is 0 Å². The summed E-state index contributed by atoms with van der Waals surface area (Å²) in [5, 5.41) is 0. The highest BCUT2D eigenvalue weighted by Crippen LogP contribution is 2.39. The summed E-state index contributed by atoms with van der Waals surface area (Å²) in [6.45, 7) is 5.01. The molecule has 0 N–H and O–H groups in total. The van der Waals surface area contributed by atoms with Crippen molar-refractivity contribution in [2.24, 2.45) is 5.92 Å². The molecule has 0 unspecified atom stereocenters. The van der Waals surface area contributed by atoms with Crippen LogP contribution in [0.1, 0.15) is 12.8 Å². The average molecular weight is 342 g/mol. The first-order chi connectivity index (χ1) is 10.5. The summed E-state index contributed by atoms with van der Waals surface area (Å²) >= 11 is 0. The number of alkyl halides is 6. The van der Waals surface area contributed by atoms with Gasteiger partial charge in [-0.25, -0.2) is 0 Å². The zero-order valence-corrected chi connectivity index (χ0v) is 11.9. The van der Waals surface area contributed by atoms with Crippen molar-refractivity contribution in [1.29, 1.82) is 0 Å². The van der Waals surface area contributed by atoms with Crippen LogP contribution < -0.4 is 14.4 Å². The highest BCUT2D eigenvalue weighted by Gasteiger charge is 2.37. The molecule has 0 amide bonds. The van der Waals surface area contributed by atoms with Crippen LogP contribution >= 0.6 is 0 Å². The van der Waals surface area contributed by atoms with Crippen LogP contribution in [-0.4, -0.2) is 25.8 Å². The van der Waals surface area contributed by atoms with Crippen LogP contribution in [0.25, 0.3) is 0 Å². The van der Waals surface area contributed by atoms with Gasteiger partial charge in [0.15, 0.2) is 11.5 Å². The standard InChI is InChI=1S/C14H14F6NO2/c1-9-4-6-21(7-5-9)10-2-3-11(22-13(15,16)17)12(8-10)23-14(18,19)20/h2-3,8-9H,1,4-7H2. The highest BCUT2D eigenvalue weighted by atomic mass is 19.4. The van der Waals surface area contributed by atoms with Gasteiger partial charge < -0.3 is 14.4 Å². The van der Waals surface area contributed by atoms with Crippen molar-refractivity contribution >= 4 is 5.69 Å². The molecule has 1 fully saturated rings. The van der Waals surface area contributed by atoms with E-state index in [0.717, 1.165) is 25.0 Å². The number of piperidine rings is 1. The second-order valence-corrected chi connectivity index (χ2v) is 5.16. The second kappa shape index (κ2) is 6.37. The molecule has 129 valence electrons. The molecule has 0 saturated carbocycles. The molecule has 1 aliphatic rings. The van der Waals surface area contributed by atoms with E-state index in [4.69, 9.17) is 0 Å². The van der Waals surface area contributed by atoms with Crippen molar-refractivity contribution < 1.29 is 35.8 Å². The average Bonchev–Trinajstić information content (AvgIpc) is 2.38. The van der Waals surface area contributed by atoms with E-state index < -0.39 is 24.2 Å². The molecule has 1 heterocycles. The molecule has 9 heteroatoms. The number of hydrogen-bond acceptors (Lipinski definition) is 3. The van der Waals surface area contributed by atoms with Gasteiger partial charge in [0.25, 0.3) is 0 Å².